The zero-order valence-electron chi connectivity index (χ0n) is 9.56. The van der Waals surface area contributed by atoms with Gasteiger partial charge >= 0.3 is 0 Å². The second-order valence-corrected chi connectivity index (χ2v) is 6.27. The van der Waals surface area contributed by atoms with E-state index in [1.54, 1.807) is 0 Å². The van der Waals surface area contributed by atoms with Crippen LogP contribution in [0.1, 0.15) is 26.3 Å². The molecule has 1 atom stereocenters. The first-order valence-corrected chi connectivity index (χ1v) is 6.56. The highest BCUT2D eigenvalue weighted by molar-refractivity contribution is 9.10. The summed E-state index contributed by atoms with van der Waals surface area (Å²) in [5.74, 6) is 1.25. The van der Waals surface area contributed by atoms with Gasteiger partial charge in [-0.3, -0.25) is 0 Å². The Hall–Kier alpha value is -0.0100. The van der Waals surface area contributed by atoms with Crippen LogP contribution in [0.25, 0.3) is 0 Å². The molecular formula is C13H18BrCl. The molecule has 0 aliphatic heterocycles. The summed E-state index contributed by atoms with van der Waals surface area (Å²) in [6.45, 7) is 6.75. The molecule has 0 heterocycles. The molecule has 0 amide bonds. The van der Waals surface area contributed by atoms with Gasteiger partial charge in [-0.2, -0.15) is 0 Å². The summed E-state index contributed by atoms with van der Waals surface area (Å²) in [4.78, 5) is 0. The number of alkyl halides is 1. The van der Waals surface area contributed by atoms with Crippen LogP contribution >= 0.6 is 27.5 Å². The predicted molar refractivity (Wildman–Crippen MR) is 71.5 cm³/mol. The molecule has 15 heavy (non-hydrogen) atoms. The van der Waals surface area contributed by atoms with E-state index in [4.69, 9.17) is 11.6 Å². The smallest absolute Gasteiger partial charge is 0.0259 e. The van der Waals surface area contributed by atoms with Crippen molar-refractivity contribution in [3.63, 3.8) is 0 Å². The number of hydrogen-bond donors (Lipinski definition) is 0. The SMILES string of the molecule is CC(C)(C)C(CCl)Cc1ccc(Br)cc1. The van der Waals surface area contributed by atoms with Crippen molar-refractivity contribution in [3.8, 4) is 0 Å². The Morgan fingerprint density at radius 1 is 1.20 bits per heavy atom. The largest absolute Gasteiger partial charge is 0.126 e. The van der Waals surface area contributed by atoms with E-state index in [1.807, 2.05) is 0 Å². The summed E-state index contributed by atoms with van der Waals surface area (Å²) in [5.41, 5.74) is 1.63. The van der Waals surface area contributed by atoms with Gasteiger partial charge in [0.15, 0.2) is 0 Å². The molecule has 0 spiro atoms. The number of rotatable bonds is 3. The van der Waals surface area contributed by atoms with Gasteiger partial charge in [0.05, 0.1) is 0 Å². The summed E-state index contributed by atoms with van der Waals surface area (Å²) in [6.07, 6.45) is 1.06. The van der Waals surface area contributed by atoms with Crippen molar-refractivity contribution in [1.29, 1.82) is 0 Å². The molecule has 84 valence electrons. The van der Waals surface area contributed by atoms with E-state index in [0.717, 1.165) is 16.8 Å². The third kappa shape index (κ3) is 4.16. The van der Waals surface area contributed by atoms with Crippen LogP contribution in [0.2, 0.25) is 0 Å². The third-order valence-corrected chi connectivity index (χ3v) is 3.71. The van der Waals surface area contributed by atoms with E-state index in [-0.39, 0.29) is 5.41 Å². The first kappa shape index (κ1) is 13.1. The average molecular weight is 290 g/mol. The van der Waals surface area contributed by atoms with Crippen LogP contribution < -0.4 is 0 Å². The first-order chi connectivity index (χ1) is 6.93. The molecule has 0 radical (unpaired) electrons. The average Bonchev–Trinajstić information content (AvgIpc) is 2.15. The van der Waals surface area contributed by atoms with Crippen molar-refractivity contribution in [3.05, 3.63) is 34.3 Å². The fourth-order valence-electron chi connectivity index (χ4n) is 1.50. The van der Waals surface area contributed by atoms with E-state index in [9.17, 15) is 0 Å². The minimum Gasteiger partial charge on any atom is -0.126 e. The second kappa shape index (κ2) is 5.36. The monoisotopic (exact) mass is 288 g/mol. The third-order valence-electron chi connectivity index (χ3n) is 2.81. The van der Waals surface area contributed by atoms with Crippen molar-refractivity contribution in [2.24, 2.45) is 11.3 Å². The minimum atomic E-state index is 0.273. The minimum absolute atomic E-state index is 0.273. The molecule has 0 saturated carbocycles. The van der Waals surface area contributed by atoms with Crippen LogP contribution in [0, 0.1) is 11.3 Å². The molecule has 1 aromatic rings. The molecular weight excluding hydrogens is 272 g/mol. The second-order valence-electron chi connectivity index (χ2n) is 5.05. The standard InChI is InChI=1S/C13H18BrCl/c1-13(2,3)11(9-15)8-10-4-6-12(14)7-5-10/h4-7,11H,8-9H2,1-3H3. The summed E-state index contributed by atoms with van der Waals surface area (Å²) >= 11 is 9.47. The predicted octanol–water partition coefficient (Wildman–Crippen LogP) is 4.89. The van der Waals surface area contributed by atoms with E-state index in [1.165, 1.54) is 5.56 Å². The summed E-state index contributed by atoms with van der Waals surface area (Å²) < 4.78 is 1.13. The van der Waals surface area contributed by atoms with E-state index in [2.05, 4.69) is 61.0 Å². The van der Waals surface area contributed by atoms with Gasteiger partial charge in [0, 0.05) is 10.4 Å². The van der Waals surface area contributed by atoms with Gasteiger partial charge < -0.3 is 0 Å². The van der Waals surface area contributed by atoms with Gasteiger partial charge in [0.1, 0.15) is 0 Å². The van der Waals surface area contributed by atoms with Crippen molar-refractivity contribution in [1.82, 2.24) is 0 Å². The van der Waals surface area contributed by atoms with Crippen LogP contribution in [0.15, 0.2) is 28.7 Å². The molecule has 0 aromatic heterocycles. The normalized spacial score (nSPS) is 13.9. The Morgan fingerprint density at radius 2 is 1.73 bits per heavy atom. The van der Waals surface area contributed by atoms with Gasteiger partial charge in [-0.1, -0.05) is 48.8 Å². The fourth-order valence-corrected chi connectivity index (χ4v) is 2.33. The Bertz CT molecular complexity index is 297. The summed E-state index contributed by atoms with van der Waals surface area (Å²) in [6, 6.07) is 8.50. The van der Waals surface area contributed by atoms with Gasteiger partial charge in [-0.15, -0.1) is 11.6 Å². The van der Waals surface area contributed by atoms with Crippen molar-refractivity contribution in [2.45, 2.75) is 27.2 Å². The van der Waals surface area contributed by atoms with Crippen molar-refractivity contribution in [2.75, 3.05) is 5.88 Å². The Kier molecular flexibility index (Phi) is 4.66. The molecule has 0 N–H and O–H groups in total. The van der Waals surface area contributed by atoms with Crippen LogP contribution in [-0.4, -0.2) is 5.88 Å². The van der Waals surface area contributed by atoms with E-state index < -0.39 is 0 Å². The highest BCUT2D eigenvalue weighted by atomic mass is 79.9. The quantitative estimate of drug-likeness (QED) is 0.695. The summed E-state index contributed by atoms with van der Waals surface area (Å²) in [7, 11) is 0. The molecule has 1 aromatic carbocycles. The number of halogens is 2. The zero-order valence-corrected chi connectivity index (χ0v) is 11.9. The molecule has 1 unspecified atom stereocenters. The highest BCUT2D eigenvalue weighted by Gasteiger charge is 2.23. The molecule has 1 rings (SSSR count). The molecule has 0 fully saturated rings. The van der Waals surface area contributed by atoms with Crippen LogP contribution in [0.4, 0.5) is 0 Å². The fraction of sp³-hybridized carbons (Fsp3) is 0.538. The Balaban J connectivity index is 2.71. The lowest BCUT2D eigenvalue weighted by Gasteiger charge is -2.29. The van der Waals surface area contributed by atoms with Crippen LogP contribution in [0.3, 0.4) is 0 Å². The van der Waals surface area contributed by atoms with Gasteiger partial charge in [0.2, 0.25) is 0 Å². The maximum atomic E-state index is 6.02. The molecule has 2 heteroatoms. The highest BCUT2D eigenvalue weighted by Crippen LogP contribution is 2.30. The lowest BCUT2D eigenvalue weighted by molar-refractivity contribution is 0.264. The van der Waals surface area contributed by atoms with E-state index in [0.29, 0.717) is 5.92 Å². The lowest BCUT2D eigenvalue weighted by atomic mass is 9.78. The molecule has 0 bridgehead atoms. The van der Waals surface area contributed by atoms with Crippen LogP contribution in [0.5, 0.6) is 0 Å². The Morgan fingerprint density at radius 3 is 2.13 bits per heavy atom. The van der Waals surface area contributed by atoms with Gasteiger partial charge in [0.25, 0.3) is 0 Å². The van der Waals surface area contributed by atoms with Gasteiger partial charge in [-0.25, -0.2) is 0 Å². The Labute approximate surface area is 106 Å². The first-order valence-electron chi connectivity index (χ1n) is 5.24. The zero-order chi connectivity index (χ0) is 11.5. The maximum absolute atomic E-state index is 6.02. The molecule has 0 saturated heterocycles. The number of hydrogen-bond acceptors (Lipinski definition) is 0. The topological polar surface area (TPSA) is 0 Å². The van der Waals surface area contributed by atoms with Gasteiger partial charge in [-0.05, 0) is 35.4 Å². The van der Waals surface area contributed by atoms with Crippen molar-refractivity contribution >= 4 is 27.5 Å². The molecule has 0 aliphatic rings. The molecule has 0 aliphatic carbocycles. The maximum Gasteiger partial charge on any atom is 0.0259 e. The van der Waals surface area contributed by atoms with Crippen LogP contribution in [-0.2, 0) is 6.42 Å². The number of benzene rings is 1. The van der Waals surface area contributed by atoms with E-state index >= 15 is 0 Å². The van der Waals surface area contributed by atoms with Crippen molar-refractivity contribution < 1.29 is 0 Å². The molecule has 0 nitrogen and oxygen atoms in total. The lowest BCUT2D eigenvalue weighted by Crippen LogP contribution is -2.24. The summed E-state index contributed by atoms with van der Waals surface area (Å²) in [5, 5.41) is 0.